The van der Waals surface area contributed by atoms with Gasteiger partial charge < -0.3 is 0 Å². The van der Waals surface area contributed by atoms with Crippen LogP contribution in [0.15, 0.2) is 0 Å². The third-order valence-corrected chi connectivity index (χ3v) is 3.64. The van der Waals surface area contributed by atoms with Gasteiger partial charge in [0.05, 0.1) is 12.6 Å². The van der Waals surface area contributed by atoms with Gasteiger partial charge in [-0.3, -0.25) is 10.2 Å². The molecule has 1 saturated carbocycles. The van der Waals surface area contributed by atoms with Gasteiger partial charge in [-0.05, 0) is 47.0 Å². The van der Waals surface area contributed by atoms with E-state index in [1.54, 1.807) is 27.7 Å². The van der Waals surface area contributed by atoms with Gasteiger partial charge >= 0.3 is 6.18 Å². The van der Waals surface area contributed by atoms with Gasteiger partial charge in [-0.25, -0.2) is 0 Å². The molecule has 0 radical (unpaired) electrons. The van der Waals surface area contributed by atoms with Crippen molar-refractivity contribution in [2.45, 2.75) is 76.8 Å². The van der Waals surface area contributed by atoms with E-state index in [9.17, 15) is 18.4 Å². The predicted molar refractivity (Wildman–Crippen MR) is 72.2 cm³/mol. The first-order valence-corrected chi connectivity index (χ1v) is 7.08. The van der Waals surface area contributed by atoms with Crippen molar-refractivity contribution in [2.24, 2.45) is 0 Å². The summed E-state index contributed by atoms with van der Waals surface area (Å²) in [6.45, 7) is 6.10. The van der Waals surface area contributed by atoms with Crippen LogP contribution in [0.3, 0.4) is 0 Å². The summed E-state index contributed by atoms with van der Waals surface area (Å²) in [6.07, 6.45) is -1.75. The Bertz CT molecular complexity index is 358. The van der Waals surface area contributed by atoms with Crippen molar-refractivity contribution < 1.29 is 13.2 Å². The Morgan fingerprint density at radius 1 is 1.30 bits per heavy atom. The second-order valence-corrected chi connectivity index (χ2v) is 6.30. The fourth-order valence-electron chi connectivity index (χ4n) is 2.58. The van der Waals surface area contributed by atoms with Crippen LogP contribution in [0.4, 0.5) is 13.2 Å². The standard InChI is InChI=1S/C14H24F3N3/c1-10(2)20(9-14(15,16)17)11(3)7-13(4,8-18)19-12-5-6-12/h10-12,19H,5-7,9H2,1-4H3. The Balaban J connectivity index is 2.68. The van der Waals surface area contributed by atoms with Crippen LogP contribution in [0.5, 0.6) is 0 Å². The van der Waals surface area contributed by atoms with Gasteiger partial charge in [-0.15, -0.1) is 0 Å². The minimum atomic E-state index is -4.22. The van der Waals surface area contributed by atoms with E-state index in [1.807, 2.05) is 0 Å². The zero-order valence-electron chi connectivity index (χ0n) is 12.6. The molecule has 0 aliphatic heterocycles. The molecule has 0 spiro atoms. The highest BCUT2D eigenvalue weighted by Gasteiger charge is 2.38. The van der Waals surface area contributed by atoms with Gasteiger partial charge in [0.25, 0.3) is 0 Å². The van der Waals surface area contributed by atoms with Crippen LogP contribution in [0.1, 0.15) is 47.0 Å². The van der Waals surface area contributed by atoms with Crippen molar-refractivity contribution in [1.82, 2.24) is 10.2 Å². The number of rotatable bonds is 7. The summed E-state index contributed by atoms with van der Waals surface area (Å²) in [5.41, 5.74) is -0.765. The third-order valence-electron chi connectivity index (χ3n) is 3.64. The molecule has 0 aromatic heterocycles. The number of hydrogen-bond donors (Lipinski definition) is 1. The van der Waals surface area contributed by atoms with Crippen LogP contribution >= 0.6 is 0 Å². The fourth-order valence-corrected chi connectivity index (χ4v) is 2.58. The molecule has 1 N–H and O–H groups in total. The minimum absolute atomic E-state index is 0.213. The van der Waals surface area contributed by atoms with E-state index in [-0.39, 0.29) is 12.1 Å². The number of nitrogens with zero attached hydrogens (tertiary/aromatic N) is 2. The number of alkyl halides is 3. The molecule has 3 nitrogen and oxygen atoms in total. The maximum atomic E-state index is 12.6. The monoisotopic (exact) mass is 291 g/mol. The molecule has 2 unspecified atom stereocenters. The topological polar surface area (TPSA) is 39.1 Å². The zero-order chi connectivity index (χ0) is 15.6. The summed E-state index contributed by atoms with van der Waals surface area (Å²) in [7, 11) is 0. The van der Waals surface area contributed by atoms with E-state index in [0.717, 1.165) is 12.8 Å². The minimum Gasteiger partial charge on any atom is -0.297 e. The smallest absolute Gasteiger partial charge is 0.297 e. The molecule has 6 heteroatoms. The average molecular weight is 291 g/mol. The highest BCUT2D eigenvalue weighted by Crippen LogP contribution is 2.27. The molecule has 0 aromatic carbocycles. The average Bonchev–Trinajstić information content (AvgIpc) is 3.07. The second kappa shape index (κ2) is 6.31. The van der Waals surface area contributed by atoms with Crippen LogP contribution in [0, 0.1) is 11.3 Å². The summed E-state index contributed by atoms with van der Waals surface area (Å²) in [6, 6.07) is 2.04. The highest BCUT2D eigenvalue weighted by atomic mass is 19.4. The fraction of sp³-hybridized carbons (Fsp3) is 0.929. The van der Waals surface area contributed by atoms with E-state index in [0.29, 0.717) is 12.5 Å². The molecule has 0 heterocycles. The molecule has 0 saturated heterocycles. The zero-order valence-corrected chi connectivity index (χ0v) is 12.6. The van der Waals surface area contributed by atoms with E-state index in [1.165, 1.54) is 4.90 Å². The maximum absolute atomic E-state index is 12.6. The van der Waals surface area contributed by atoms with Crippen molar-refractivity contribution in [1.29, 1.82) is 5.26 Å². The predicted octanol–water partition coefficient (Wildman–Crippen LogP) is 3.07. The summed E-state index contributed by atoms with van der Waals surface area (Å²) in [5, 5.41) is 12.5. The van der Waals surface area contributed by atoms with Crippen molar-refractivity contribution in [2.75, 3.05) is 6.54 Å². The molecule has 1 aliphatic rings. The largest absolute Gasteiger partial charge is 0.401 e. The lowest BCUT2D eigenvalue weighted by molar-refractivity contribution is -0.155. The molecule has 1 rings (SSSR count). The van der Waals surface area contributed by atoms with Gasteiger partial charge in [0.1, 0.15) is 5.54 Å². The molecule has 1 aliphatic carbocycles. The molecule has 0 aromatic rings. The van der Waals surface area contributed by atoms with E-state index >= 15 is 0 Å². The lowest BCUT2D eigenvalue weighted by Crippen LogP contribution is -2.51. The number of halogens is 3. The third kappa shape index (κ3) is 5.68. The summed E-state index contributed by atoms with van der Waals surface area (Å²) >= 11 is 0. The first kappa shape index (κ1) is 17.3. The number of hydrogen-bond acceptors (Lipinski definition) is 3. The maximum Gasteiger partial charge on any atom is 0.401 e. The van der Waals surface area contributed by atoms with Crippen LogP contribution in [-0.4, -0.2) is 41.3 Å². The Hall–Kier alpha value is -0.800. The van der Waals surface area contributed by atoms with Crippen LogP contribution in [-0.2, 0) is 0 Å². The Labute approximate surface area is 119 Å². The van der Waals surface area contributed by atoms with E-state index in [4.69, 9.17) is 0 Å². The molecular formula is C14H24F3N3. The Kier molecular flexibility index (Phi) is 5.45. The molecular weight excluding hydrogens is 267 g/mol. The second-order valence-electron chi connectivity index (χ2n) is 6.30. The first-order chi connectivity index (χ1) is 9.06. The van der Waals surface area contributed by atoms with Crippen LogP contribution in [0.2, 0.25) is 0 Å². The summed E-state index contributed by atoms with van der Waals surface area (Å²) in [5.74, 6) is 0. The van der Waals surface area contributed by atoms with Gasteiger partial charge in [-0.2, -0.15) is 18.4 Å². The molecule has 0 bridgehead atoms. The van der Waals surface area contributed by atoms with Crippen molar-refractivity contribution in [3.63, 3.8) is 0 Å². The highest BCUT2D eigenvalue weighted by molar-refractivity contribution is 5.08. The Morgan fingerprint density at radius 2 is 1.85 bits per heavy atom. The molecule has 2 atom stereocenters. The Morgan fingerprint density at radius 3 is 2.20 bits per heavy atom. The van der Waals surface area contributed by atoms with Gasteiger partial charge in [0, 0.05) is 18.1 Å². The quantitative estimate of drug-likeness (QED) is 0.783. The van der Waals surface area contributed by atoms with Crippen molar-refractivity contribution >= 4 is 0 Å². The lowest BCUT2D eigenvalue weighted by atomic mass is 9.93. The molecule has 116 valence electrons. The van der Waals surface area contributed by atoms with Gasteiger partial charge in [0.15, 0.2) is 0 Å². The summed E-state index contributed by atoms with van der Waals surface area (Å²) < 4.78 is 37.9. The molecule has 1 fully saturated rings. The van der Waals surface area contributed by atoms with Gasteiger partial charge in [-0.1, -0.05) is 0 Å². The number of nitrogens with one attached hydrogen (secondary N) is 1. The van der Waals surface area contributed by atoms with Crippen molar-refractivity contribution in [3.8, 4) is 6.07 Å². The van der Waals surface area contributed by atoms with Crippen LogP contribution in [0.25, 0.3) is 0 Å². The molecule has 20 heavy (non-hydrogen) atoms. The normalized spacial score (nSPS) is 20.8. The van der Waals surface area contributed by atoms with Crippen molar-refractivity contribution in [3.05, 3.63) is 0 Å². The van der Waals surface area contributed by atoms with E-state index < -0.39 is 18.3 Å². The SMILES string of the molecule is CC(C)N(CC(F)(F)F)C(C)CC(C)(C#N)NC1CC1. The number of nitriles is 1. The first-order valence-electron chi connectivity index (χ1n) is 7.08. The summed E-state index contributed by atoms with van der Waals surface area (Å²) in [4.78, 5) is 1.41. The molecule has 0 amide bonds. The van der Waals surface area contributed by atoms with Gasteiger partial charge in [0.2, 0.25) is 0 Å². The van der Waals surface area contributed by atoms with Crippen LogP contribution < -0.4 is 5.32 Å². The lowest BCUT2D eigenvalue weighted by Gasteiger charge is -2.37. The van der Waals surface area contributed by atoms with E-state index in [2.05, 4.69) is 11.4 Å².